The van der Waals surface area contributed by atoms with Crippen LogP contribution in [0.25, 0.3) is 0 Å². The van der Waals surface area contributed by atoms with Gasteiger partial charge in [-0.25, -0.2) is 4.39 Å². The summed E-state index contributed by atoms with van der Waals surface area (Å²) in [7, 11) is 0. The summed E-state index contributed by atoms with van der Waals surface area (Å²) in [5, 5.41) is 11.1. The largest absolute Gasteiger partial charge is 0.388 e. The first-order valence-electron chi connectivity index (χ1n) is 5.85. The summed E-state index contributed by atoms with van der Waals surface area (Å²) in [6, 6.07) is 10.0. The molecule has 0 bridgehead atoms. The van der Waals surface area contributed by atoms with Gasteiger partial charge >= 0.3 is 0 Å². The van der Waals surface area contributed by atoms with Crippen LogP contribution in [0.15, 0.2) is 36.4 Å². The fourth-order valence-electron chi connectivity index (χ4n) is 1.89. The highest BCUT2D eigenvalue weighted by atomic mass is 35.5. The molecule has 0 spiro atoms. The van der Waals surface area contributed by atoms with Crippen molar-refractivity contribution < 1.29 is 9.50 Å². The summed E-state index contributed by atoms with van der Waals surface area (Å²) in [5.41, 5.74) is 1.94. The van der Waals surface area contributed by atoms with E-state index in [9.17, 15) is 9.50 Å². The number of halogens is 3. The van der Waals surface area contributed by atoms with Crippen LogP contribution in [0.3, 0.4) is 0 Å². The van der Waals surface area contributed by atoms with E-state index in [1.807, 2.05) is 12.1 Å². The number of hydrogen-bond acceptors (Lipinski definition) is 1. The van der Waals surface area contributed by atoms with Gasteiger partial charge in [-0.3, -0.25) is 0 Å². The first-order valence-corrected chi connectivity index (χ1v) is 6.61. The van der Waals surface area contributed by atoms with Crippen molar-refractivity contribution in [3.05, 3.63) is 69.0 Å². The van der Waals surface area contributed by atoms with E-state index < -0.39 is 6.10 Å². The number of aliphatic hydroxyl groups is 1. The number of hydrogen-bond donors (Lipinski definition) is 1. The fourth-order valence-corrected chi connectivity index (χ4v) is 2.29. The van der Waals surface area contributed by atoms with E-state index in [-0.39, 0.29) is 10.8 Å². The van der Waals surface area contributed by atoms with E-state index in [1.54, 1.807) is 25.1 Å². The molecule has 19 heavy (non-hydrogen) atoms. The zero-order chi connectivity index (χ0) is 14.0. The van der Waals surface area contributed by atoms with Crippen molar-refractivity contribution in [2.24, 2.45) is 0 Å². The van der Waals surface area contributed by atoms with Gasteiger partial charge in [0.1, 0.15) is 5.82 Å². The molecule has 0 fully saturated rings. The maximum atomic E-state index is 13.3. The quantitative estimate of drug-likeness (QED) is 0.869. The van der Waals surface area contributed by atoms with Crippen LogP contribution in [-0.2, 0) is 6.42 Å². The first-order chi connectivity index (χ1) is 8.97. The summed E-state index contributed by atoms with van der Waals surface area (Å²) >= 11 is 11.8. The van der Waals surface area contributed by atoms with Crippen molar-refractivity contribution in [3.63, 3.8) is 0 Å². The summed E-state index contributed by atoms with van der Waals surface area (Å²) in [6.07, 6.45) is -0.366. The average Bonchev–Trinajstić information content (AvgIpc) is 2.36. The zero-order valence-corrected chi connectivity index (χ0v) is 11.8. The molecule has 0 aliphatic rings. The Labute approximate surface area is 121 Å². The van der Waals surface area contributed by atoms with E-state index in [0.717, 1.165) is 5.56 Å². The predicted octanol–water partition coefficient (Wildman–Crippen LogP) is 4.72. The van der Waals surface area contributed by atoms with Crippen LogP contribution in [0.5, 0.6) is 0 Å². The lowest BCUT2D eigenvalue weighted by Crippen LogP contribution is -2.04. The second kappa shape index (κ2) is 5.91. The molecule has 1 N–H and O–H groups in total. The second-order valence-electron chi connectivity index (χ2n) is 4.47. The van der Waals surface area contributed by atoms with Crippen LogP contribution in [0.4, 0.5) is 4.39 Å². The Kier molecular flexibility index (Phi) is 4.46. The number of aliphatic hydroxyl groups excluding tert-OH is 1. The Bertz CT molecular complexity index is 581. The van der Waals surface area contributed by atoms with Crippen LogP contribution in [0, 0.1) is 12.7 Å². The Morgan fingerprint density at radius 2 is 1.79 bits per heavy atom. The SMILES string of the molecule is Cc1cc(C(O)Cc2ccc(Cl)cc2)c(Cl)cc1F. The van der Waals surface area contributed by atoms with Gasteiger partial charge in [0.05, 0.1) is 6.10 Å². The van der Waals surface area contributed by atoms with Crippen molar-refractivity contribution in [2.75, 3.05) is 0 Å². The molecule has 1 atom stereocenters. The van der Waals surface area contributed by atoms with Crippen molar-refractivity contribution in [2.45, 2.75) is 19.4 Å². The molecule has 0 aromatic heterocycles. The van der Waals surface area contributed by atoms with E-state index in [0.29, 0.717) is 22.6 Å². The Morgan fingerprint density at radius 3 is 2.42 bits per heavy atom. The van der Waals surface area contributed by atoms with Crippen molar-refractivity contribution in [1.82, 2.24) is 0 Å². The topological polar surface area (TPSA) is 20.2 Å². The fraction of sp³-hybridized carbons (Fsp3) is 0.200. The van der Waals surface area contributed by atoms with Crippen molar-refractivity contribution in [1.29, 1.82) is 0 Å². The summed E-state index contributed by atoms with van der Waals surface area (Å²) in [5.74, 6) is -0.368. The molecule has 2 rings (SSSR count). The van der Waals surface area contributed by atoms with E-state index in [1.165, 1.54) is 6.07 Å². The molecule has 2 aromatic carbocycles. The van der Waals surface area contributed by atoms with Crippen LogP contribution in [-0.4, -0.2) is 5.11 Å². The highest BCUT2D eigenvalue weighted by Crippen LogP contribution is 2.28. The molecule has 0 saturated carbocycles. The molecule has 0 aliphatic heterocycles. The third-order valence-corrected chi connectivity index (χ3v) is 3.56. The first kappa shape index (κ1) is 14.3. The van der Waals surface area contributed by atoms with Gasteiger partial charge in [0.2, 0.25) is 0 Å². The van der Waals surface area contributed by atoms with E-state index >= 15 is 0 Å². The van der Waals surface area contributed by atoms with E-state index in [4.69, 9.17) is 23.2 Å². The molecule has 0 amide bonds. The smallest absolute Gasteiger partial charge is 0.127 e. The van der Waals surface area contributed by atoms with Crippen LogP contribution in [0.1, 0.15) is 22.8 Å². The molecule has 1 nitrogen and oxygen atoms in total. The zero-order valence-electron chi connectivity index (χ0n) is 10.3. The van der Waals surface area contributed by atoms with Gasteiger partial charge in [0, 0.05) is 16.5 Å². The van der Waals surface area contributed by atoms with Gasteiger partial charge in [-0.15, -0.1) is 0 Å². The van der Waals surface area contributed by atoms with Crippen molar-refractivity contribution in [3.8, 4) is 0 Å². The monoisotopic (exact) mass is 298 g/mol. The molecule has 100 valence electrons. The molecular weight excluding hydrogens is 286 g/mol. The molecule has 2 aromatic rings. The number of rotatable bonds is 3. The molecule has 0 radical (unpaired) electrons. The molecular formula is C15H13Cl2FO. The summed E-state index contributed by atoms with van der Waals surface area (Å²) in [4.78, 5) is 0. The molecule has 1 unspecified atom stereocenters. The minimum Gasteiger partial charge on any atom is -0.388 e. The minimum atomic E-state index is -0.770. The normalized spacial score (nSPS) is 12.5. The molecule has 0 saturated heterocycles. The van der Waals surface area contributed by atoms with Crippen LogP contribution >= 0.6 is 23.2 Å². The average molecular weight is 299 g/mol. The Hall–Kier alpha value is -1.09. The maximum absolute atomic E-state index is 13.3. The van der Waals surface area contributed by atoms with Gasteiger partial charge in [-0.1, -0.05) is 35.3 Å². The van der Waals surface area contributed by atoms with Gasteiger partial charge in [-0.2, -0.15) is 0 Å². The number of benzene rings is 2. The Morgan fingerprint density at radius 1 is 1.16 bits per heavy atom. The molecule has 4 heteroatoms. The highest BCUT2D eigenvalue weighted by Gasteiger charge is 2.14. The van der Waals surface area contributed by atoms with E-state index in [2.05, 4.69) is 0 Å². The van der Waals surface area contributed by atoms with Crippen LogP contribution in [0.2, 0.25) is 10.0 Å². The lowest BCUT2D eigenvalue weighted by molar-refractivity contribution is 0.178. The van der Waals surface area contributed by atoms with Gasteiger partial charge in [-0.05, 0) is 47.9 Å². The third kappa shape index (κ3) is 3.47. The lowest BCUT2D eigenvalue weighted by Gasteiger charge is -2.14. The van der Waals surface area contributed by atoms with Crippen molar-refractivity contribution >= 4 is 23.2 Å². The highest BCUT2D eigenvalue weighted by molar-refractivity contribution is 6.31. The third-order valence-electron chi connectivity index (χ3n) is 2.98. The van der Waals surface area contributed by atoms with Gasteiger partial charge in [0.25, 0.3) is 0 Å². The summed E-state index contributed by atoms with van der Waals surface area (Å²) < 4.78 is 13.3. The second-order valence-corrected chi connectivity index (χ2v) is 5.31. The lowest BCUT2D eigenvalue weighted by atomic mass is 10.00. The minimum absolute atomic E-state index is 0.240. The van der Waals surface area contributed by atoms with Crippen LogP contribution < -0.4 is 0 Å². The maximum Gasteiger partial charge on any atom is 0.127 e. The van der Waals surface area contributed by atoms with Gasteiger partial charge < -0.3 is 5.11 Å². The molecule has 0 aliphatic carbocycles. The summed E-state index contributed by atoms with van der Waals surface area (Å²) in [6.45, 7) is 1.64. The molecule has 0 heterocycles. The standard InChI is InChI=1S/C15H13Cl2FO/c1-9-6-12(13(17)8-14(9)18)15(19)7-10-2-4-11(16)5-3-10/h2-6,8,15,19H,7H2,1H3. The predicted molar refractivity (Wildman–Crippen MR) is 76.3 cm³/mol. The number of aryl methyl sites for hydroxylation is 1. The Balaban J connectivity index is 2.22. The van der Waals surface area contributed by atoms with Gasteiger partial charge in [0.15, 0.2) is 0 Å².